The average molecular weight is 446 g/mol. The lowest BCUT2D eigenvalue weighted by atomic mass is 9.94. The van der Waals surface area contributed by atoms with E-state index in [4.69, 9.17) is 0 Å². The Morgan fingerprint density at radius 2 is 1.64 bits per heavy atom. The molecule has 0 bridgehead atoms. The Balaban J connectivity index is 1.13. The molecule has 33 heavy (non-hydrogen) atoms. The van der Waals surface area contributed by atoms with E-state index in [1.807, 2.05) is 40.1 Å². The average Bonchev–Trinajstić information content (AvgIpc) is 3.40. The van der Waals surface area contributed by atoms with Crippen LogP contribution in [0.2, 0.25) is 0 Å². The van der Waals surface area contributed by atoms with Crippen LogP contribution in [0.1, 0.15) is 23.3 Å². The fourth-order valence-corrected chi connectivity index (χ4v) is 4.56. The minimum Gasteiger partial charge on any atom is -0.353 e. The van der Waals surface area contributed by atoms with Gasteiger partial charge in [0.1, 0.15) is 11.5 Å². The molecule has 0 radical (unpaired) electrons. The lowest BCUT2D eigenvalue weighted by Gasteiger charge is -2.38. The third-order valence-electron chi connectivity index (χ3n) is 6.48. The summed E-state index contributed by atoms with van der Waals surface area (Å²) in [5.74, 6) is 1.08. The number of likely N-dealkylation sites (tertiary alicyclic amines) is 1. The summed E-state index contributed by atoms with van der Waals surface area (Å²) < 4.78 is 0. The number of pyridine rings is 2. The molecule has 1 N–H and O–H groups in total. The van der Waals surface area contributed by atoms with E-state index in [0.29, 0.717) is 44.7 Å². The Morgan fingerprint density at radius 3 is 2.33 bits per heavy atom. The molecular weight excluding hydrogens is 418 g/mol. The van der Waals surface area contributed by atoms with Crippen molar-refractivity contribution in [1.82, 2.24) is 30.0 Å². The maximum absolute atomic E-state index is 13.1. The van der Waals surface area contributed by atoms with Gasteiger partial charge in [-0.25, -0.2) is 4.98 Å². The third-order valence-corrected chi connectivity index (χ3v) is 6.48. The lowest BCUT2D eigenvalue weighted by molar-refractivity contribution is -0.137. The van der Waals surface area contributed by atoms with Crippen LogP contribution in [0.3, 0.4) is 0 Å². The number of hydrogen-bond donors (Lipinski definition) is 1. The monoisotopic (exact) mass is 445 g/mol. The Kier molecular flexibility index (Phi) is 6.01. The Morgan fingerprint density at radius 1 is 0.879 bits per heavy atom. The van der Waals surface area contributed by atoms with Gasteiger partial charge < -0.3 is 14.7 Å². The van der Waals surface area contributed by atoms with Gasteiger partial charge in [-0.3, -0.25) is 19.7 Å². The minimum absolute atomic E-state index is 0.0235. The predicted molar refractivity (Wildman–Crippen MR) is 123 cm³/mol. The molecule has 0 saturated carbocycles. The van der Waals surface area contributed by atoms with Crippen LogP contribution in [-0.4, -0.2) is 81.0 Å². The Bertz CT molecular complexity index is 1090. The number of carbonyl (C=O) groups excluding carboxylic acids is 2. The van der Waals surface area contributed by atoms with E-state index in [9.17, 15) is 9.59 Å². The molecule has 2 aliphatic heterocycles. The predicted octanol–water partition coefficient (Wildman–Crippen LogP) is 2.07. The number of H-pyrrole nitrogens is 1. The van der Waals surface area contributed by atoms with Crippen molar-refractivity contribution in [2.45, 2.75) is 12.8 Å². The fraction of sp³-hybridized carbons (Fsp3) is 0.375. The number of piperidine rings is 1. The smallest absolute Gasteiger partial charge is 0.271 e. The highest BCUT2D eigenvalue weighted by Crippen LogP contribution is 2.23. The molecule has 2 aliphatic rings. The topological polar surface area (TPSA) is 98.3 Å². The number of nitrogens with one attached hydrogen (secondary N) is 1. The van der Waals surface area contributed by atoms with Crippen molar-refractivity contribution in [2.24, 2.45) is 5.92 Å². The second kappa shape index (κ2) is 9.40. The molecule has 170 valence electrons. The number of amides is 2. The first kappa shape index (κ1) is 21.1. The van der Waals surface area contributed by atoms with Crippen LogP contribution >= 0.6 is 0 Å². The van der Waals surface area contributed by atoms with Gasteiger partial charge in [0.05, 0.1) is 5.69 Å². The van der Waals surface area contributed by atoms with Crippen LogP contribution in [0.15, 0.2) is 55.0 Å². The van der Waals surface area contributed by atoms with Gasteiger partial charge in [0.15, 0.2) is 0 Å². The zero-order chi connectivity index (χ0) is 22.6. The molecule has 2 saturated heterocycles. The van der Waals surface area contributed by atoms with Crippen LogP contribution < -0.4 is 4.90 Å². The number of aromatic amines is 1. The highest BCUT2D eigenvalue weighted by molar-refractivity contribution is 5.93. The zero-order valence-electron chi connectivity index (χ0n) is 18.4. The first-order valence-corrected chi connectivity index (χ1v) is 11.4. The van der Waals surface area contributed by atoms with Crippen molar-refractivity contribution < 1.29 is 9.59 Å². The number of piperazine rings is 1. The Hall–Kier alpha value is -3.75. The van der Waals surface area contributed by atoms with E-state index in [-0.39, 0.29) is 17.7 Å². The van der Waals surface area contributed by atoms with Gasteiger partial charge in [0.25, 0.3) is 5.91 Å². The number of aromatic nitrogens is 4. The van der Waals surface area contributed by atoms with Gasteiger partial charge in [-0.2, -0.15) is 5.10 Å². The molecule has 3 aromatic rings. The SMILES string of the molecule is O=C(c1cc(-c2ccncc2)n[nH]1)N1CCC(C(=O)N2CCN(c3ccccn3)CC2)CC1. The van der Waals surface area contributed by atoms with Gasteiger partial charge in [-0.1, -0.05) is 6.07 Å². The number of anilines is 1. The number of rotatable bonds is 4. The maximum Gasteiger partial charge on any atom is 0.271 e. The molecule has 0 aromatic carbocycles. The third kappa shape index (κ3) is 4.57. The molecule has 5 rings (SSSR count). The fourth-order valence-electron chi connectivity index (χ4n) is 4.56. The molecule has 0 spiro atoms. The van der Waals surface area contributed by atoms with Gasteiger partial charge in [0, 0.05) is 69.3 Å². The van der Waals surface area contributed by atoms with E-state index in [2.05, 4.69) is 25.1 Å². The largest absolute Gasteiger partial charge is 0.353 e. The van der Waals surface area contributed by atoms with Crippen molar-refractivity contribution >= 4 is 17.6 Å². The van der Waals surface area contributed by atoms with Crippen LogP contribution in [0.5, 0.6) is 0 Å². The normalized spacial score (nSPS) is 17.3. The van der Waals surface area contributed by atoms with Gasteiger partial charge >= 0.3 is 0 Å². The number of carbonyl (C=O) groups is 2. The molecule has 0 aliphatic carbocycles. The molecule has 0 unspecified atom stereocenters. The molecule has 3 aromatic heterocycles. The first-order valence-electron chi connectivity index (χ1n) is 11.4. The highest BCUT2D eigenvalue weighted by atomic mass is 16.2. The van der Waals surface area contributed by atoms with E-state index in [1.165, 1.54) is 0 Å². The van der Waals surface area contributed by atoms with E-state index in [1.54, 1.807) is 24.7 Å². The summed E-state index contributed by atoms with van der Waals surface area (Å²) in [6.45, 7) is 4.15. The second-order valence-corrected chi connectivity index (χ2v) is 8.47. The van der Waals surface area contributed by atoms with Crippen molar-refractivity contribution in [3.05, 3.63) is 60.7 Å². The lowest BCUT2D eigenvalue weighted by Crippen LogP contribution is -2.52. The summed E-state index contributed by atoms with van der Waals surface area (Å²) in [7, 11) is 0. The number of hydrogen-bond acceptors (Lipinski definition) is 6. The molecule has 9 nitrogen and oxygen atoms in total. The molecule has 0 atom stereocenters. The summed E-state index contributed by atoms with van der Waals surface area (Å²) >= 11 is 0. The van der Waals surface area contributed by atoms with Crippen molar-refractivity contribution in [3.8, 4) is 11.3 Å². The molecular formula is C24H27N7O2. The highest BCUT2D eigenvalue weighted by Gasteiger charge is 2.32. The minimum atomic E-state index is -0.0716. The quantitative estimate of drug-likeness (QED) is 0.660. The summed E-state index contributed by atoms with van der Waals surface area (Å²) in [5, 5.41) is 7.12. The van der Waals surface area contributed by atoms with Gasteiger partial charge in [-0.05, 0) is 43.2 Å². The summed E-state index contributed by atoms with van der Waals surface area (Å²) in [4.78, 5) is 40.4. The molecule has 9 heteroatoms. The van der Waals surface area contributed by atoms with Crippen molar-refractivity contribution in [3.63, 3.8) is 0 Å². The van der Waals surface area contributed by atoms with Gasteiger partial charge in [0.2, 0.25) is 5.91 Å². The number of nitrogens with zero attached hydrogens (tertiary/aromatic N) is 6. The standard InChI is InChI=1S/C24H27N7O2/c32-23(31-15-13-29(14-16-31)22-3-1-2-8-26-22)19-6-11-30(12-7-19)24(33)21-17-20(27-28-21)18-4-9-25-10-5-18/h1-5,8-10,17,19H,6-7,11-16H2,(H,27,28). The summed E-state index contributed by atoms with van der Waals surface area (Å²) in [6.07, 6.45) is 6.58. The molecule has 2 amide bonds. The van der Waals surface area contributed by atoms with Gasteiger partial charge in [-0.15, -0.1) is 0 Å². The maximum atomic E-state index is 13.1. The van der Waals surface area contributed by atoms with E-state index >= 15 is 0 Å². The second-order valence-electron chi connectivity index (χ2n) is 8.47. The van der Waals surface area contributed by atoms with Crippen LogP contribution in [0, 0.1) is 5.92 Å². The van der Waals surface area contributed by atoms with E-state index in [0.717, 1.165) is 30.2 Å². The van der Waals surface area contributed by atoms with Crippen molar-refractivity contribution in [2.75, 3.05) is 44.2 Å². The molecule has 5 heterocycles. The van der Waals surface area contributed by atoms with Crippen LogP contribution in [0.25, 0.3) is 11.3 Å². The summed E-state index contributed by atoms with van der Waals surface area (Å²) in [5.41, 5.74) is 2.10. The Labute approximate surface area is 192 Å². The van der Waals surface area contributed by atoms with Crippen molar-refractivity contribution in [1.29, 1.82) is 0 Å². The zero-order valence-corrected chi connectivity index (χ0v) is 18.4. The molecule has 2 fully saturated rings. The van der Waals surface area contributed by atoms with Crippen LogP contribution in [-0.2, 0) is 4.79 Å². The summed E-state index contributed by atoms with van der Waals surface area (Å²) in [6, 6.07) is 11.4. The first-order chi connectivity index (χ1) is 16.2. The van der Waals surface area contributed by atoms with E-state index < -0.39 is 0 Å². The van der Waals surface area contributed by atoms with Crippen LogP contribution in [0.4, 0.5) is 5.82 Å².